The van der Waals surface area contributed by atoms with Gasteiger partial charge in [-0.1, -0.05) is 13.8 Å². The molecule has 2 nitrogen and oxygen atoms in total. The van der Waals surface area contributed by atoms with Crippen molar-refractivity contribution >= 4 is 11.3 Å². The molecule has 0 spiro atoms. The molecule has 1 aromatic heterocycles. The predicted octanol–water partition coefficient (Wildman–Crippen LogP) is 2.16. The average molecular weight is 184 g/mol. The van der Waals surface area contributed by atoms with Crippen LogP contribution < -0.4 is 5.73 Å². The predicted molar refractivity (Wildman–Crippen MR) is 53.6 cm³/mol. The third-order valence-corrected chi connectivity index (χ3v) is 3.08. The van der Waals surface area contributed by atoms with Gasteiger partial charge in [-0.3, -0.25) is 0 Å². The van der Waals surface area contributed by atoms with Gasteiger partial charge in [-0.25, -0.2) is 4.98 Å². The van der Waals surface area contributed by atoms with E-state index in [0.29, 0.717) is 12.5 Å². The summed E-state index contributed by atoms with van der Waals surface area (Å²) in [5.74, 6) is 0.460. The fraction of sp³-hybridized carbons (Fsp3) is 0.667. The van der Waals surface area contributed by atoms with Crippen LogP contribution in [0, 0.1) is 0 Å². The fourth-order valence-electron chi connectivity index (χ4n) is 1.17. The Morgan fingerprint density at radius 1 is 1.58 bits per heavy atom. The van der Waals surface area contributed by atoms with Gasteiger partial charge in [0.05, 0.1) is 10.7 Å². The van der Waals surface area contributed by atoms with Crippen LogP contribution in [-0.2, 0) is 6.42 Å². The van der Waals surface area contributed by atoms with Gasteiger partial charge >= 0.3 is 0 Å². The number of hydrogen-bond acceptors (Lipinski definition) is 3. The second-order valence-corrected chi connectivity index (χ2v) is 3.80. The van der Waals surface area contributed by atoms with E-state index in [-0.39, 0.29) is 0 Å². The second kappa shape index (κ2) is 4.58. The molecule has 0 fully saturated rings. The van der Waals surface area contributed by atoms with Gasteiger partial charge < -0.3 is 5.73 Å². The number of thiazole rings is 1. The fourth-order valence-corrected chi connectivity index (χ4v) is 2.00. The Balaban J connectivity index is 2.72. The topological polar surface area (TPSA) is 38.9 Å². The molecular formula is C9H16N2S. The highest BCUT2D eigenvalue weighted by Crippen LogP contribution is 2.20. The van der Waals surface area contributed by atoms with Crippen LogP contribution in [0.25, 0.3) is 0 Å². The standard InChI is InChI=1S/C9H16N2S/c1-3-7(5-10)8-6-12-9(4-2)11-8/h6-7H,3-5,10H2,1-2H3. The molecule has 0 amide bonds. The highest BCUT2D eigenvalue weighted by atomic mass is 32.1. The molecule has 0 saturated heterocycles. The first-order chi connectivity index (χ1) is 5.81. The number of nitrogens with zero attached hydrogens (tertiary/aromatic N) is 1. The maximum atomic E-state index is 5.63. The van der Waals surface area contributed by atoms with Crippen molar-refractivity contribution < 1.29 is 0 Å². The molecule has 12 heavy (non-hydrogen) atoms. The van der Waals surface area contributed by atoms with Crippen LogP contribution in [0.15, 0.2) is 5.38 Å². The Bertz CT molecular complexity index is 228. The first-order valence-electron chi connectivity index (χ1n) is 4.46. The Kier molecular flexibility index (Phi) is 3.69. The van der Waals surface area contributed by atoms with Gasteiger partial charge in [0.1, 0.15) is 0 Å². The molecule has 68 valence electrons. The van der Waals surface area contributed by atoms with Gasteiger partial charge in [0, 0.05) is 17.8 Å². The van der Waals surface area contributed by atoms with E-state index >= 15 is 0 Å². The first-order valence-corrected chi connectivity index (χ1v) is 5.34. The van der Waals surface area contributed by atoms with Gasteiger partial charge in [0.2, 0.25) is 0 Å². The quantitative estimate of drug-likeness (QED) is 0.778. The van der Waals surface area contributed by atoms with Crippen molar-refractivity contribution in [3.63, 3.8) is 0 Å². The van der Waals surface area contributed by atoms with E-state index in [4.69, 9.17) is 5.73 Å². The van der Waals surface area contributed by atoms with Crippen LogP contribution in [-0.4, -0.2) is 11.5 Å². The normalized spacial score (nSPS) is 13.2. The lowest BCUT2D eigenvalue weighted by Gasteiger charge is -2.07. The zero-order valence-corrected chi connectivity index (χ0v) is 8.53. The number of aryl methyl sites for hydroxylation is 1. The molecule has 0 radical (unpaired) electrons. The molecule has 2 N–H and O–H groups in total. The minimum Gasteiger partial charge on any atom is -0.330 e. The van der Waals surface area contributed by atoms with Crippen molar-refractivity contribution in [2.24, 2.45) is 5.73 Å². The molecule has 1 aromatic rings. The van der Waals surface area contributed by atoms with Gasteiger partial charge in [0.25, 0.3) is 0 Å². The molecule has 0 aromatic carbocycles. The molecule has 1 heterocycles. The smallest absolute Gasteiger partial charge is 0.0925 e. The van der Waals surface area contributed by atoms with Gasteiger partial charge in [0.15, 0.2) is 0 Å². The molecule has 1 atom stereocenters. The van der Waals surface area contributed by atoms with Gasteiger partial charge in [-0.2, -0.15) is 0 Å². The zero-order chi connectivity index (χ0) is 8.97. The zero-order valence-electron chi connectivity index (χ0n) is 7.71. The third kappa shape index (κ3) is 2.05. The summed E-state index contributed by atoms with van der Waals surface area (Å²) < 4.78 is 0. The Morgan fingerprint density at radius 3 is 2.75 bits per heavy atom. The molecule has 0 aliphatic rings. The highest BCUT2D eigenvalue weighted by molar-refractivity contribution is 7.09. The average Bonchev–Trinajstić information content (AvgIpc) is 2.55. The molecule has 1 unspecified atom stereocenters. The van der Waals surface area contributed by atoms with Crippen LogP contribution in [0.5, 0.6) is 0 Å². The summed E-state index contributed by atoms with van der Waals surface area (Å²) in [7, 11) is 0. The highest BCUT2D eigenvalue weighted by Gasteiger charge is 2.10. The monoisotopic (exact) mass is 184 g/mol. The number of hydrogen-bond donors (Lipinski definition) is 1. The number of rotatable bonds is 4. The Hall–Kier alpha value is -0.410. The van der Waals surface area contributed by atoms with Crippen LogP contribution in [0.2, 0.25) is 0 Å². The summed E-state index contributed by atoms with van der Waals surface area (Å²) in [5.41, 5.74) is 6.81. The van der Waals surface area contributed by atoms with E-state index in [0.717, 1.165) is 12.8 Å². The number of aromatic nitrogens is 1. The van der Waals surface area contributed by atoms with Crippen LogP contribution >= 0.6 is 11.3 Å². The number of nitrogens with two attached hydrogens (primary N) is 1. The first kappa shape index (κ1) is 9.68. The van der Waals surface area contributed by atoms with Gasteiger partial charge in [-0.05, 0) is 12.8 Å². The van der Waals surface area contributed by atoms with E-state index in [9.17, 15) is 0 Å². The second-order valence-electron chi connectivity index (χ2n) is 2.86. The van der Waals surface area contributed by atoms with Gasteiger partial charge in [-0.15, -0.1) is 11.3 Å². The van der Waals surface area contributed by atoms with Crippen molar-refractivity contribution in [3.8, 4) is 0 Å². The van der Waals surface area contributed by atoms with E-state index < -0.39 is 0 Å². The lowest BCUT2D eigenvalue weighted by molar-refractivity contribution is 0.656. The minimum atomic E-state index is 0.460. The molecular weight excluding hydrogens is 168 g/mol. The van der Waals surface area contributed by atoms with Crippen molar-refractivity contribution in [3.05, 3.63) is 16.1 Å². The van der Waals surface area contributed by atoms with Crippen molar-refractivity contribution in [1.82, 2.24) is 4.98 Å². The Labute approximate surface area is 77.8 Å². The SMILES string of the molecule is CCc1nc(C(CC)CN)cs1. The molecule has 1 rings (SSSR count). The van der Waals surface area contributed by atoms with Crippen LogP contribution in [0.4, 0.5) is 0 Å². The molecule has 0 bridgehead atoms. The van der Waals surface area contributed by atoms with E-state index in [1.165, 1.54) is 10.7 Å². The largest absolute Gasteiger partial charge is 0.330 e. The van der Waals surface area contributed by atoms with Crippen molar-refractivity contribution in [2.75, 3.05) is 6.54 Å². The lowest BCUT2D eigenvalue weighted by Crippen LogP contribution is -2.11. The maximum Gasteiger partial charge on any atom is 0.0925 e. The summed E-state index contributed by atoms with van der Waals surface area (Å²) in [5, 5.41) is 3.36. The van der Waals surface area contributed by atoms with E-state index in [1.54, 1.807) is 11.3 Å². The van der Waals surface area contributed by atoms with Crippen LogP contribution in [0.1, 0.15) is 36.9 Å². The minimum absolute atomic E-state index is 0.460. The van der Waals surface area contributed by atoms with Crippen molar-refractivity contribution in [1.29, 1.82) is 0 Å². The van der Waals surface area contributed by atoms with Crippen molar-refractivity contribution in [2.45, 2.75) is 32.6 Å². The summed E-state index contributed by atoms with van der Waals surface area (Å²) >= 11 is 1.74. The molecule has 0 aliphatic heterocycles. The van der Waals surface area contributed by atoms with E-state index in [2.05, 4.69) is 24.2 Å². The molecule has 3 heteroatoms. The Morgan fingerprint density at radius 2 is 2.33 bits per heavy atom. The maximum absolute atomic E-state index is 5.63. The van der Waals surface area contributed by atoms with E-state index in [1.807, 2.05) is 0 Å². The van der Waals surface area contributed by atoms with Crippen LogP contribution in [0.3, 0.4) is 0 Å². The summed E-state index contributed by atoms with van der Waals surface area (Å²) in [6.07, 6.45) is 2.12. The summed E-state index contributed by atoms with van der Waals surface area (Å²) in [6, 6.07) is 0. The lowest BCUT2D eigenvalue weighted by atomic mass is 10.0. The molecule has 0 saturated carbocycles. The molecule has 0 aliphatic carbocycles. The third-order valence-electron chi connectivity index (χ3n) is 2.07. The summed E-state index contributed by atoms with van der Waals surface area (Å²) in [6.45, 7) is 5.00. The summed E-state index contributed by atoms with van der Waals surface area (Å²) in [4.78, 5) is 4.51.